The summed E-state index contributed by atoms with van der Waals surface area (Å²) < 4.78 is 38.8. The summed E-state index contributed by atoms with van der Waals surface area (Å²) in [6, 6.07) is 7.21. The second-order valence-corrected chi connectivity index (χ2v) is 8.50. The zero-order chi connectivity index (χ0) is 25.0. The van der Waals surface area contributed by atoms with E-state index in [0.717, 1.165) is 29.7 Å². The van der Waals surface area contributed by atoms with Gasteiger partial charge in [-0.2, -0.15) is 18.3 Å². The first-order valence-corrected chi connectivity index (χ1v) is 11.0. The van der Waals surface area contributed by atoms with E-state index >= 15 is 0 Å². The fraction of sp³-hybridized carbons (Fsp3) is 0.348. The smallest absolute Gasteiger partial charge is 0.354 e. The number of carbonyl (C=O) groups excluding carboxylic acids is 1. The van der Waals surface area contributed by atoms with Gasteiger partial charge in [-0.3, -0.25) is 14.5 Å². The van der Waals surface area contributed by atoms with Crippen molar-refractivity contribution in [2.24, 2.45) is 5.92 Å². The standard InChI is InChI=1S/C23H25F3N8O/c1-16-11-32(15-35)5-6-33(12-16)22-4-2-3-21(31-22)30-20-7-19(28-9-17(20)8-27)18-10-29-34(13-18)14-23(24,25)26/h2-4,7-10,13,15-16,27H,5-6,11-12,14H2,1H3,(H,28,30,31)/t16-/m0/s1. The molecule has 3 aromatic heterocycles. The van der Waals surface area contributed by atoms with E-state index in [0.29, 0.717) is 48.0 Å². The number of aromatic nitrogens is 4. The second-order valence-electron chi connectivity index (χ2n) is 8.50. The molecule has 0 radical (unpaired) electrons. The van der Waals surface area contributed by atoms with Crippen molar-refractivity contribution >= 4 is 29.9 Å². The molecule has 0 aliphatic carbocycles. The van der Waals surface area contributed by atoms with Gasteiger partial charge >= 0.3 is 6.18 Å². The number of pyridine rings is 2. The van der Waals surface area contributed by atoms with Crippen LogP contribution in [0.3, 0.4) is 0 Å². The summed E-state index contributed by atoms with van der Waals surface area (Å²) in [5.41, 5.74) is 1.87. The highest BCUT2D eigenvalue weighted by Gasteiger charge is 2.28. The van der Waals surface area contributed by atoms with Gasteiger partial charge in [0.15, 0.2) is 0 Å². The summed E-state index contributed by atoms with van der Waals surface area (Å²) in [5.74, 6) is 1.58. The van der Waals surface area contributed by atoms with Gasteiger partial charge in [-0.05, 0) is 24.1 Å². The number of nitrogens with zero attached hydrogens (tertiary/aromatic N) is 6. The predicted molar refractivity (Wildman–Crippen MR) is 126 cm³/mol. The predicted octanol–water partition coefficient (Wildman–Crippen LogP) is 3.56. The van der Waals surface area contributed by atoms with Crippen molar-refractivity contribution in [3.05, 3.63) is 48.4 Å². The minimum absolute atomic E-state index is 0.284. The van der Waals surface area contributed by atoms with E-state index in [2.05, 4.69) is 27.2 Å². The Bertz CT molecular complexity index is 1200. The van der Waals surface area contributed by atoms with Gasteiger partial charge in [-0.25, -0.2) is 4.98 Å². The van der Waals surface area contributed by atoms with Gasteiger partial charge in [0.25, 0.3) is 0 Å². The lowest BCUT2D eigenvalue weighted by Crippen LogP contribution is -2.30. The molecular weight excluding hydrogens is 461 g/mol. The lowest BCUT2D eigenvalue weighted by Gasteiger charge is -2.23. The van der Waals surface area contributed by atoms with Crippen LogP contribution in [0.15, 0.2) is 42.9 Å². The molecule has 0 spiro atoms. The van der Waals surface area contributed by atoms with Crippen LogP contribution in [0.1, 0.15) is 12.5 Å². The van der Waals surface area contributed by atoms with Crippen LogP contribution in [0.4, 0.5) is 30.5 Å². The highest BCUT2D eigenvalue weighted by atomic mass is 19.4. The number of nitrogens with one attached hydrogen (secondary N) is 2. The Hall–Kier alpha value is -3.96. The van der Waals surface area contributed by atoms with Gasteiger partial charge in [-0.15, -0.1) is 0 Å². The average Bonchev–Trinajstić information content (AvgIpc) is 3.18. The van der Waals surface area contributed by atoms with Crippen LogP contribution in [0.2, 0.25) is 0 Å². The van der Waals surface area contributed by atoms with E-state index in [1.165, 1.54) is 18.6 Å². The van der Waals surface area contributed by atoms with E-state index < -0.39 is 12.7 Å². The van der Waals surface area contributed by atoms with Gasteiger partial charge < -0.3 is 20.5 Å². The van der Waals surface area contributed by atoms with Crippen LogP contribution >= 0.6 is 0 Å². The number of rotatable bonds is 7. The molecule has 1 amide bonds. The first-order valence-electron chi connectivity index (χ1n) is 11.0. The third kappa shape index (κ3) is 6.14. The van der Waals surface area contributed by atoms with Crippen molar-refractivity contribution in [2.75, 3.05) is 36.4 Å². The number of alkyl halides is 3. The topological polar surface area (TPSA) is 103 Å². The number of halogens is 3. The van der Waals surface area contributed by atoms with Gasteiger partial charge in [-0.1, -0.05) is 13.0 Å². The highest BCUT2D eigenvalue weighted by molar-refractivity contribution is 5.88. The van der Waals surface area contributed by atoms with Crippen molar-refractivity contribution in [2.45, 2.75) is 19.6 Å². The Labute approximate surface area is 200 Å². The van der Waals surface area contributed by atoms with Crippen LogP contribution in [0, 0.1) is 11.3 Å². The third-order valence-corrected chi connectivity index (χ3v) is 5.57. The molecule has 4 heterocycles. The summed E-state index contributed by atoms with van der Waals surface area (Å²) in [4.78, 5) is 24.1. The fourth-order valence-corrected chi connectivity index (χ4v) is 3.99. The summed E-state index contributed by atoms with van der Waals surface area (Å²) in [5, 5.41) is 14.7. The molecule has 1 aliphatic rings. The summed E-state index contributed by atoms with van der Waals surface area (Å²) >= 11 is 0. The van der Waals surface area contributed by atoms with Crippen molar-refractivity contribution in [1.29, 1.82) is 5.41 Å². The normalized spacial score (nSPS) is 16.6. The maximum Gasteiger partial charge on any atom is 0.408 e. The minimum atomic E-state index is -4.37. The molecule has 0 saturated carbocycles. The Morgan fingerprint density at radius 2 is 2.06 bits per heavy atom. The van der Waals surface area contributed by atoms with Crippen molar-refractivity contribution in [1.82, 2.24) is 24.6 Å². The Kier molecular flexibility index (Phi) is 6.99. The Morgan fingerprint density at radius 1 is 1.23 bits per heavy atom. The molecule has 1 atom stereocenters. The van der Waals surface area contributed by atoms with E-state index in [-0.39, 0.29) is 5.92 Å². The molecule has 1 aliphatic heterocycles. The average molecular weight is 487 g/mol. The van der Waals surface area contributed by atoms with Crippen LogP contribution in [-0.4, -0.2) is 69.6 Å². The molecule has 3 aromatic rings. The quantitative estimate of drug-likeness (QED) is 0.391. The van der Waals surface area contributed by atoms with Gasteiger partial charge in [0.1, 0.15) is 18.2 Å². The molecule has 0 aromatic carbocycles. The molecule has 12 heteroatoms. The lowest BCUT2D eigenvalue weighted by atomic mass is 10.1. The minimum Gasteiger partial charge on any atom is -0.354 e. The summed E-state index contributed by atoms with van der Waals surface area (Å²) in [6.45, 7) is 3.62. The first-order chi connectivity index (χ1) is 16.7. The number of amides is 1. The Balaban J connectivity index is 1.56. The summed E-state index contributed by atoms with van der Waals surface area (Å²) in [6.07, 6.45) is 1.72. The molecule has 1 fully saturated rings. The first kappa shape index (κ1) is 24.2. The van der Waals surface area contributed by atoms with E-state index in [9.17, 15) is 18.0 Å². The van der Waals surface area contributed by atoms with Gasteiger partial charge in [0.2, 0.25) is 6.41 Å². The van der Waals surface area contributed by atoms with Crippen molar-refractivity contribution in [3.63, 3.8) is 0 Å². The molecule has 9 nitrogen and oxygen atoms in total. The van der Waals surface area contributed by atoms with Crippen LogP contribution in [-0.2, 0) is 11.3 Å². The molecule has 4 rings (SSSR count). The van der Waals surface area contributed by atoms with Gasteiger partial charge in [0.05, 0.1) is 17.6 Å². The molecule has 35 heavy (non-hydrogen) atoms. The molecule has 0 unspecified atom stereocenters. The number of carbonyl (C=O) groups is 1. The molecule has 2 N–H and O–H groups in total. The summed E-state index contributed by atoms with van der Waals surface area (Å²) in [7, 11) is 0. The van der Waals surface area contributed by atoms with E-state index in [1.54, 1.807) is 17.0 Å². The maximum absolute atomic E-state index is 12.7. The molecule has 1 saturated heterocycles. The van der Waals surface area contributed by atoms with Crippen molar-refractivity contribution in [3.8, 4) is 11.3 Å². The number of anilines is 3. The Morgan fingerprint density at radius 3 is 2.80 bits per heavy atom. The maximum atomic E-state index is 12.7. The monoisotopic (exact) mass is 486 g/mol. The van der Waals surface area contributed by atoms with Crippen LogP contribution < -0.4 is 10.2 Å². The van der Waals surface area contributed by atoms with Crippen molar-refractivity contribution < 1.29 is 18.0 Å². The number of hydrogen-bond acceptors (Lipinski definition) is 7. The van der Waals surface area contributed by atoms with Gasteiger partial charge in [0, 0.05) is 55.9 Å². The van der Waals surface area contributed by atoms with E-state index in [1.807, 2.05) is 12.1 Å². The third-order valence-electron chi connectivity index (χ3n) is 5.57. The lowest BCUT2D eigenvalue weighted by molar-refractivity contribution is -0.142. The SMILES string of the molecule is C[C@H]1CN(C=O)CCN(c2cccc(Nc3cc(-c4cnn(CC(F)(F)F)c4)ncc3C=N)n2)C1. The van der Waals surface area contributed by atoms with Crippen LogP contribution in [0.25, 0.3) is 11.3 Å². The number of hydrogen-bond donors (Lipinski definition) is 2. The fourth-order valence-electron chi connectivity index (χ4n) is 3.99. The zero-order valence-electron chi connectivity index (χ0n) is 19.0. The zero-order valence-corrected chi connectivity index (χ0v) is 19.0. The van der Waals surface area contributed by atoms with E-state index in [4.69, 9.17) is 10.4 Å². The molecule has 0 bridgehead atoms. The highest BCUT2D eigenvalue weighted by Crippen LogP contribution is 2.27. The molecule has 184 valence electrons. The largest absolute Gasteiger partial charge is 0.408 e. The molecular formula is C23H25F3N8O. The second kappa shape index (κ2) is 10.1. The van der Waals surface area contributed by atoms with Crippen LogP contribution in [0.5, 0.6) is 0 Å².